The second kappa shape index (κ2) is 5.74. The number of rotatable bonds is 1. The Kier molecular flexibility index (Phi) is 4.12. The highest BCUT2D eigenvalue weighted by molar-refractivity contribution is 14.1. The van der Waals surface area contributed by atoms with E-state index in [0.29, 0.717) is 0 Å². The summed E-state index contributed by atoms with van der Waals surface area (Å²) in [6.45, 7) is 8.30. The van der Waals surface area contributed by atoms with E-state index >= 15 is 0 Å². The third kappa shape index (κ3) is 2.76. The van der Waals surface area contributed by atoms with E-state index < -0.39 is 0 Å². The van der Waals surface area contributed by atoms with Crippen LogP contribution in [0.15, 0.2) is 41.5 Å². The molecule has 3 rings (SSSR count). The molecule has 0 aliphatic carbocycles. The Bertz CT molecular complexity index is 746. The van der Waals surface area contributed by atoms with Crippen LogP contribution in [-0.2, 0) is 0 Å². The first-order chi connectivity index (χ1) is 9.97. The second-order valence-corrected chi connectivity index (χ2v) is 8.28. The smallest absolute Gasteiger partial charge is 0.103 e. The Morgan fingerprint density at radius 1 is 1.33 bits per heavy atom. The highest BCUT2D eigenvalue weighted by atomic mass is 127. The molecule has 5 heteroatoms. The van der Waals surface area contributed by atoms with Gasteiger partial charge in [0.1, 0.15) is 5.00 Å². The highest BCUT2D eigenvalue weighted by Crippen LogP contribution is 2.38. The summed E-state index contributed by atoms with van der Waals surface area (Å²) in [5.41, 5.74) is 5.46. The maximum atomic E-state index is 6.00. The molecule has 1 aromatic heterocycles. The molecule has 1 aliphatic heterocycles. The van der Waals surface area contributed by atoms with Gasteiger partial charge in [-0.2, -0.15) is 0 Å². The quantitative estimate of drug-likeness (QED) is 0.598. The molecule has 0 saturated carbocycles. The van der Waals surface area contributed by atoms with Crippen molar-refractivity contribution < 1.29 is 0 Å². The molecule has 2 nitrogen and oxygen atoms in total. The largest absolute Gasteiger partial charge is 0.349 e. The van der Waals surface area contributed by atoms with Crippen LogP contribution >= 0.6 is 45.5 Å². The number of nitrogens with zero attached hydrogens (tertiary/aromatic N) is 1. The molecular formula is C16H14ClIN2S. The molecule has 0 radical (unpaired) electrons. The molecule has 1 atom stereocenters. The molecule has 0 bridgehead atoms. The van der Waals surface area contributed by atoms with Crippen molar-refractivity contribution in [1.82, 2.24) is 0 Å². The number of anilines is 1. The van der Waals surface area contributed by atoms with Crippen molar-refractivity contribution in [3.8, 4) is 0 Å². The molecule has 0 saturated heterocycles. The predicted molar refractivity (Wildman–Crippen MR) is 101 cm³/mol. The van der Waals surface area contributed by atoms with Crippen molar-refractivity contribution in [2.24, 2.45) is 4.99 Å². The zero-order valence-corrected chi connectivity index (χ0v) is 15.4. The minimum absolute atomic E-state index is 0.0346. The standard InChI is InChI=1S/C16H14ClIN2S/c1-8-13-14(11-4-6-12(17)7-5-11)19-9(2)10(3)20-16(13)21-15(8)18/h4-7,9,20H,3H2,1-2H3/t9-/m0/s1. The van der Waals surface area contributed by atoms with E-state index in [1.165, 1.54) is 14.0 Å². The fourth-order valence-electron chi connectivity index (χ4n) is 2.27. The van der Waals surface area contributed by atoms with Crippen molar-refractivity contribution in [3.05, 3.63) is 61.1 Å². The Balaban J connectivity index is 2.24. The summed E-state index contributed by atoms with van der Waals surface area (Å²) in [6, 6.07) is 7.89. The van der Waals surface area contributed by atoms with Crippen LogP contribution in [0.2, 0.25) is 5.02 Å². The zero-order chi connectivity index (χ0) is 15.1. The van der Waals surface area contributed by atoms with Crippen molar-refractivity contribution in [1.29, 1.82) is 0 Å². The lowest BCUT2D eigenvalue weighted by atomic mass is 10.0. The molecule has 2 heterocycles. The first-order valence-corrected chi connectivity index (χ1v) is 8.83. The van der Waals surface area contributed by atoms with Crippen molar-refractivity contribution in [3.63, 3.8) is 0 Å². The van der Waals surface area contributed by atoms with E-state index in [-0.39, 0.29) is 6.04 Å². The summed E-state index contributed by atoms with van der Waals surface area (Å²) in [4.78, 5) is 4.89. The topological polar surface area (TPSA) is 24.4 Å². The van der Waals surface area contributed by atoms with Gasteiger partial charge >= 0.3 is 0 Å². The third-order valence-electron chi connectivity index (χ3n) is 3.54. The number of hydrogen-bond donors (Lipinski definition) is 1. The number of aliphatic imine (C=N–C) groups is 1. The van der Waals surface area contributed by atoms with Crippen LogP contribution in [0.4, 0.5) is 5.00 Å². The number of hydrogen-bond acceptors (Lipinski definition) is 3. The molecule has 0 spiro atoms. The molecule has 0 unspecified atom stereocenters. The van der Waals surface area contributed by atoms with Crippen LogP contribution in [0.25, 0.3) is 0 Å². The van der Waals surface area contributed by atoms with E-state index in [0.717, 1.165) is 27.0 Å². The van der Waals surface area contributed by atoms with Gasteiger partial charge in [0.05, 0.1) is 14.6 Å². The fraction of sp³-hybridized carbons (Fsp3) is 0.188. The van der Waals surface area contributed by atoms with Gasteiger partial charge in [-0.15, -0.1) is 11.3 Å². The number of fused-ring (bicyclic) bond motifs is 1. The van der Waals surface area contributed by atoms with Crippen LogP contribution in [0.5, 0.6) is 0 Å². The minimum Gasteiger partial charge on any atom is -0.349 e. The molecule has 0 fully saturated rings. The number of halogens is 2. The van der Waals surface area contributed by atoms with Crippen LogP contribution in [-0.4, -0.2) is 11.8 Å². The van der Waals surface area contributed by atoms with Gasteiger partial charge in [-0.05, 0) is 54.1 Å². The maximum absolute atomic E-state index is 6.00. The van der Waals surface area contributed by atoms with Gasteiger partial charge in [-0.3, -0.25) is 4.99 Å². The lowest BCUT2D eigenvalue weighted by Gasteiger charge is -2.09. The van der Waals surface area contributed by atoms with Crippen LogP contribution in [0.3, 0.4) is 0 Å². The van der Waals surface area contributed by atoms with Gasteiger partial charge in [0, 0.05) is 21.8 Å². The van der Waals surface area contributed by atoms with Gasteiger partial charge in [-0.1, -0.05) is 30.3 Å². The number of thiophene rings is 1. The molecule has 1 N–H and O–H groups in total. The van der Waals surface area contributed by atoms with Crippen molar-refractivity contribution in [2.45, 2.75) is 19.9 Å². The Morgan fingerprint density at radius 2 is 2.00 bits per heavy atom. The van der Waals surface area contributed by atoms with Gasteiger partial charge in [0.25, 0.3) is 0 Å². The van der Waals surface area contributed by atoms with E-state index in [1.807, 2.05) is 24.3 Å². The lowest BCUT2D eigenvalue weighted by Crippen LogP contribution is -2.09. The SMILES string of the molecule is C=C1Nc2sc(I)c(C)c2C(c2ccc(Cl)cc2)=N[C@H]1C. The van der Waals surface area contributed by atoms with Gasteiger partial charge < -0.3 is 5.32 Å². The first kappa shape index (κ1) is 15.1. The summed E-state index contributed by atoms with van der Waals surface area (Å²) >= 11 is 10.1. The summed E-state index contributed by atoms with van der Waals surface area (Å²) in [5, 5.41) is 5.28. The summed E-state index contributed by atoms with van der Waals surface area (Å²) in [6.07, 6.45) is 0. The lowest BCUT2D eigenvalue weighted by molar-refractivity contribution is 0.878. The Labute approximate surface area is 147 Å². The molecule has 21 heavy (non-hydrogen) atoms. The molecule has 2 aromatic rings. The summed E-state index contributed by atoms with van der Waals surface area (Å²) in [5.74, 6) is 0. The number of nitrogens with one attached hydrogen (secondary N) is 1. The summed E-state index contributed by atoms with van der Waals surface area (Å²) in [7, 11) is 0. The second-order valence-electron chi connectivity index (χ2n) is 5.02. The van der Waals surface area contributed by atoms with Crippen molar-refractivity contribution in [2.75, 3.05) is 5.32 Å². The fourth-order valence-corrected chi connectivity index (χ4v) is 4.30. The molecule has 108 valence electrons. The van der Waals surface area contributed by atoms with Gasteiger partial charge in [0.15, 0.2) is 0 Å². The molecule has 0 amide bonds. The average molecular weight is 429 g/mol. The molecule has 1 aliphatic rings. The highest BCUT2D eigenvalue weighted by Gasteiger charge is 2.24. The molecule has 1 aromatic carbocycles. The zero-order valence-electron chi connectivity index (χ0n) is 11.7. The van der Waals surface area contributed by atoms with Crippen LogP contribution in [0.1, 0.15) is 23.6 Å². The monoisotopic (exact) mass is 428 g/mol. The minimum atomic E-state index is 0.0346. The van der Waals surface area contributed by atoms with Crippen LogP contribution < -0.4 is 5.32 Å². The van der Waals surface area contributed by atoms with Crippen molar-refractivity contribution >= 4 is 56.2 Å². The molecular weight excluding hydrogens is 415 g/mol. The van der Waals surface area contributed by atoms with E-state index in [4.69, 9.17) is 16.6 Å². The Hall–Kier alpha value is -0.850. The van der Waals surface area contributed by atoms with Gasteiger partial charge in [-0.25, -0.2) is 0 Å². The van der Waals surface area contributed by atoms with E-state index in [2.05, 4.69) is 48.3 Å². The maximum Gasteiger partial charge on any atom is 0.103 e. The average Bonchev–Trinajstić information content (AvgIpc) is 2.64. The Morgan fingerprint density at radius 3 is 2.67 bits per heavy atom. The van der Waals surface area contributed by atoms with E-state index in [1.54, 1.807) is 11.3 Å². The summed E-state index contributed by atoms with van der Waals surface area (Å²) < 4.78 is 1.27. The first-order valence-electron chi connectivity index (χ1n) is 6.56. The predicted octanol–water partition coefficient (Wildman–Crippen LogP) is 5.48. The van der Waals surface area contributed by atoms with Crippen LogP contribution in [0, 0.1) is 9.81 Å². The number of benzene rings is 1. The normalized spacial score (nSPS) is 17.8. The van der Waals surface area contributed by atoms with E-state index in [9.17, 15) is 0 Å². The van der Waals surface area contributed by atoms with Gasteiger partial charge in [0.2, 0.25) is 0 Å². The third-order valence-corrected chi connectivity index (χ3v) is 6.26.